The van der Waals surface area contributed by atoms with Gasteiger partial charge in [0.15, 0.2) is 0 Å². The summed E-state index contributed by atoms with van der Waals surface area (Å²) in [4.78, 5) is 12.8. The van der Waals surface area contributed by atoms with Gasteiger partial charge < -0.3 is 5.32 Å². The Labute approximate surface area is 105 Å². The number of aromatic nitrogens is 3. The van der Waals surface area contributed by atoms with Gasteiger partial charge in [0.05, 0.1) is 11.9 Å². The first-order valence-electron chi connectivity index (χ1n) is 5.50. The van der Waals surface area contributed by atoms with E-state index in [-0.39, 0.29) is 5.54 Å². The second-order valence-corrected chi connectivity index (χ2v) is 5.70. The van der Waals surface area contributed by atoms with Gasteiger partial charge in [-0.1, -0.05) is 0 Å². The number of nitrogens with one attached hydrogen (secondary N) is 1. The SMILES string of the molecule is CC(C)(C)NCc1csc(-c2cnccn2)n1. The van der Waals surface area contributed by atoms with Crippen LogP contribution in [0.25, 0.3) is 10.7 Å². The van der Waals surface area contributed by atoms with E-state index in [0.29, 0.717) is 0 Å². The number of hydrogen-bond donors (Lipinski definition) is 1. The van der Waals surface area contributed by atoms with Gasteiger partial charge in [-0.25, -0.2) is 4.98 Å². The van der Waals surface area contributed by atoms with Crippen molar-refractivity contribution >= 4 is 11.3 Å². The van der Waals surface area contributed by atoms with Crippen molar-refractivity contribution in [2.45, 2.75) is 32.9 Å². The Hall–Kier alpha value is -1.33. The zero-order valence-electron chi connectivity index (χ0n) is 10.3. The van der Waals surface area contributed by atoms with Gasteiger partial charge in [0.1, 0.15) is 10.7 Å². The second-order valence-electron chi connectivity index (χ2n) is 4.84. The van der Waals surface area contributed by atoms with Crippen molar-refractivity contribution in [1.82, 2.24) is 20.3 Å². The lowest BCUT2D eigenvalue weighted by Gasteiger charge is -2.19. The van der Waals surface area contributed by atoms with E-state index in [1.54, 1.807) is 29.9 Å². The molecule has 2 aromatic heterocycles. The molecule has 4 nitrogen and oxygen atoms in total. The third-order valence-corrected chi connectivity index (χ3v) is 3.05. The third kappa shape index (κ3) is 3.57. The molecule has 1 N–H and O–H groups in total. The van der Waals surface area contributed by atoms with E-state index in [2.05, 4.69) is 46.4 Å². The van der Waals surface area contributed by atoms with Crippen LogP contribution in [0, 0.1) is 0 Å². The highest BCUT2D eigenvalue weighted by Gasteiger charge is 2.11. The number of nitrogens with zero attached hydrogens (tertiary/aromatic N) is 3. The minimum atomic E-state index is 0.107. The smallest absolute Gasteiger partial charge is 0.143 e. The van der Waals surface area contributed by atoms with Gasteiger partial charge >= 0.3 is 0 Å². The van der Waals surface area contributed by atoms with Crippen LogP contribution >= 0.6 is 11.3 Å². The van der Waals surface area contributed by atoms with Crippen LogP contribution in [0.3, 0.4) is 0 Å². The fourth-order valence-electron chi connectivity index (χ4n) is 1.27. The summed E-state index contributed by atoms with van der Waals surface area (Å²) in [6.45, 7) is 7.20. The van der Waals surface area contributed by atoms with Crippen LogP contribution in [0.2, 0.25) is 0 Å². The lowest BCUT2D eigenvalue weighted by Crippen LogP contribution is -2.35. The molecule has 0 saturated heterocycles. The van der Waals surface area contributed by atoms with E-state index in [1.807, 2.05) is 0 Å². The van der Waals surface area contributed by atoms with E-state index >= 15 is 0 Å². The highest BCUT2D eigenvalue weighted by atomic mass is 32.1. The summed E-state index contributed by atoms with van der Waals surface area (Å²) in [6, 6.07) is 0. The van der Waals surface area contributed by atoms with Gasteiger partial charge in [-0.2, -0.15) is 0 Å². The Kier molecular flexibility index (Phi) is 3.49. The highest BCUT2D eigenvalue weighted by molar-refractivity contribution is 7.13. The van der Waals surface area contributed by atoms with Crippen molar-refractivity contribution in [3.8, 4) is 10.7 Å². The summed E-state index contributed by atoms with van der Waals surface area (Å²) >= 11 is 1.60. The molecule has 2 aromatic rings. The number of hydrogen-bond acceptors (Lipinski definition) is 5. The van der Waals surface area contributed by atoms with E-state index in [1.165, 1.54) is 0 Å². The Morgan fingerprint density at radius 3 is 2.76 bits per heavy atom. The lowest BCUT2D eigenvalue weighted by molar-refractivity contribution is 0.422. The molecule has 0 fully saturated rings. The summed E-state index contributed by atoms with van der Waals surface area (Å²) in [5, 5.41) is 6.39. The van der Waals surface area contributed by atoms with Crippen molar-refractivity contribution in [3.05, 3.63) is 29.7 Å². The fraction of sp³-hybridized carbons (Fsp3) is 0.417. The minimum Gasteiger partial charge on any atom is -0.306 e. The molecule has 0 aliphatic carbocycles. The van der Waals surface area contributed by atoms with Gasteiger partial charge in [-0.3, -0.25) is 9.97 Å². The first-order valence-corrected chi connectivity index (χ1v) is 6.38. The molecule has 90 valence electrons. The Morgan fingerprint density at radius 2 is 2.12 bits per heavy atom. The normalized spacial score (nSPS) is 11.7. The van der Waals surface area contributed by atoms with Crippen LogP contribution in [0.4, 0.5) is 0 Å². The molecule has 0 saturated carbocycles. The van der Waals surface area contributed by atoms with E-state index in [0.717, 1.165) is 22.9 Å². The van der Waals surface area contributed by atoms with Crippen molar-refractivity contribution in [1.29, 1.82) is 0 Å². The molecular formula is C12H16N4S. The zero-order valence-corrected chi connectivity index (χ0v) is 11.1. The molecule has 0 bridgehead atoms. The maximum atomic E-state index is 4.54. The second kappa shape index (κ2) is 4.89. The maximum absolute atomic E-state index is 4.54. The molecule has 0 unspecified atom stereocenters. The standard InChI is InChI=1S/C12H16N4S/c1-12(2,3)15-6-9-8-17-11(16-9)10-7-13-4-5-14-10/h4-5,7-8,15H,6H2,1-3H3. The Morgan fingerprint density at radius 1 is 1.29 bits per heavy atom. The lowest BCUT2D eigenvalue weighted by atomic mass is 10.1. The first kappa shape index (κ1) is 12.1. The van der Waals surface area contributed by atoms with Crippen molar-refractivity contribution in [2.24, 2.45) is 0 Å². The molecule has 2 heterocycles. The number of rotatable bonds is 3. The zero-order chi connectivity index (χ0) is 12.3. The largest absolute Gasteiger partial charge is 0.306 e. The van der Waals surface area contributed by atoms with Gasteiger partial charge in [0.2, 0.25) is 0 Å². The third-order valence-electron chi connectivity index (χ3n) is 2.13. The van der Waals surface area contributed by atoms with Gasteiger partial charge in [0, 0.05) is 29.9 Å². The number of thiazole rings is 1. The molecule has 0 aliphatic rings. The molecule has 0 aromatic carbocycles. The summed E-state index contributed by atoms with van der Waals surface area (Å²) in [5.74, 6) is 0. The highest BCUT2D eigenvalue weighted by Crippen LogP contribution is 2.20. The predicted octanol–water partition coefficient (Wildman–Crippen LogP) is 2.49. The molecule has 0 radical (unpaired) electrons. The molecular weight excluding hydrogens is 232 g/mol. The fourth-order valence-corrected chi connectivity index (χ4v) is 2.05. The van der Waals surface area contributed by atoms with Gasteiger partial charge in [-0.15, -0.1) is 11.3 Å². The Balaban J connectivity index is 2.07. The quantitative estimate of drug-likeness (QED) is 0.906. The van der Waals surface area contributed by atoms with Crippen molar-refractivity contribution < 1.29 is 0 Å². The van der Waals surface area contributed by atoms with Crippen LogP contribution in [-0.2, 0) is 6.54 Å². The summed E-state index contributed by atoms with van der Waals surface area (Å²) in [7, 11) is 0. The summed E-state index contributed by atoms with van der Waals surface area (Å²) < 4.78 is 0. The molecule has 0 spiro atoms. The van der Waals surface area contributed by atoms with Crippen LogP contribution in [0.1, 0.15) is 26.5 Å². The van der Waals surface area contributed by atoms with E-state index < -0.39 is 0 Å². The average Bonchev–Trinajstić information content (AvgIpc) is 2.75. The van der Waals surface area contributed by atoms with Crippen molar-refractivity contribution in [3.63, 3.8) is 0 Å². The molecule has 0 aliphatic heterocycles. The average molecular weight is 248 g/mol. The van der Waals surface area contributed by atoms with Crippen molar-refractivity contribution in [2.75, 3.05) is 0 Å². The summed E-state index contributed by atoms with van der Waals surface area (Å²) in [6.07, 6.45) is 5.09. The first-order chi connectivity index (χ1) is 8.04. The minimum absolute atomic E-state index is 0.107. The topological polar surface area (TPSA) is 50.7 Å². The molecule has 17 heavy (non-hydrogen) atoms. The van der Waals surface area contributed by atoms with E-state index in [4.69, 9.17) is 0 Å². The van der Waals surface area contributed by atoms with Crippen LogP contribution < -0.4 is 5.32 Å². The Bertz CT molecular complexity index is 473. The molecule has 0 atom stereocenters. The van der Waals surface area contributed by atoms with Crippen LogP contribution in [0.5, 0.6) is 0 Å². The molecule has 2 rings (SSSR count). The predicted molar refractivity (Wildman–Crippen MR) is 69.7 cm³/mol. The maximum Gasteiger partial charge on any atom is 0.143 e. The van der Waals surface area contributed by atoms with Gasteiger partial charge in [0.25, 0.3) is 0 Å². The van der Waals surface area contributed by atoms with E-state index in [9.17, 15) is 0 Å². The van der Waals surface area contributed by atoms with Crippen LogP contribution in [0.15, 0.2) is 24.0 Å². The molecule has 0 amide bonds. The monoisotopic (exact) mass is 248 g/mol. The summed E-state index contributed by atoms with van der Waals surface area (Å²) in [5.41, 5.74) is 1.99. The molecule has 5 heteroatoms. The van der Waals surface area contributed by atoms with Crippen LogP contribution in [-0.4, -0.2) is 20.5 Å². The van der Waals surface area contributed by atoms with Gasteiger partial charge in [-0.05, 0) is 20.8 Å².